The zero-order valence-electron chi connectivity index (χ0n) is 7.53. The van der Waals surface area contributed by atoms with Gasteiger partial charge in [-0.2, -0.15) is 0 Å². The average Bonchev–Trinajstić information content (AvgIpc) is 2.44. The highest BCUT2D eigenvalue weighted by atomic mass is 35.5. The number of ether oxygens (including phenoxy) is 1. The van der Waals surface area contributed by atoms with E-state index in [4.69, 9.17) is 16.3 Å². The number of carbonyl (C=O) groups is 1. The van der Waals surface area contributed by atoms with E-state index >= 15 is 0 Å². The molecule has 0 bridgehead atoms. The fourth-order valence-corrected chi connectivity index (χ4v) is 1.45. The summed E-state index contributed by atoms with van der Waals surface area (Å²) in [4.78, 5) is 10.7. The Morgan fingerprint density at radius 2 is 2.21 bits per heavy atom. The minimum atomic E-state index is -0.327. The van der Waals surface area contributed by atoms with Gasteiger partial charge in [-0.3, -0.25) is 4.79 Å². The van der Waals surface area contributed by atoms with Crippen molar-refractivity contribution < 1.29 is 9.53 Å². The maximum atomic E-state index is 10.7. The predicted octanol–water partition coefficient (Wildman–Crippen LogP) is 2.52. The first-order valence-electron chi connectivity index (χ1n) is 4.11. The molecule has 14 heavy (non-hydrogen) atoms. The van der Waals surface area contributed by atoms with E-state index in [1.165, 1.54) is 6.92 Å². The fraction of sp³-hybridized carbons (Fsp3) is 0.100. The Labute approximate surface area is 85.9 Å². The minimum Gasteiger partial charge on any atom is -0.425 e. The Kier molecular flexibility index (Phi) is 2.17. The van der Waals surface area contributed by atoms with Gasteiger partial charge in [0.25, 0.3) is 0 Å². The van der Waals surface area contributed by atoms with Crippen LogP contribution in [0.5, 0.6) is 5.75 Å². The van der Waals surface area contributed by atoms with Crippen LogP contribution in [0.15, 0.2) is 30.6 Å². The second kappa shape index (κ2) is 3.35. The lowest BCUT2D eigenvalue weighted by molar-refractivity contribution is -0.131. The lowest BCUT2D eigenvalue weighted by Crippen LogP contribution is -1.99. The van der Waals surface area contributed by atoms with E-state index in [1.54, 1.807) is 28.9 Å². The predicted molar refractivity (Wildman–Crippen MR) is 53.7 cm³/mol. The highest BCUT2D eigenvalue weighted by Gasteiger charge is 2.02. The summed E-state index contributed by atoms with van der Waals surface area (Å²) in [7, 11) is 0. The molecule has 2 aromatic heterocycles. The van der Waals surface area contributed by atoms with Gasteiger partial charge >= 0.3 is 5.97 Å². The van der Waals surface area contributed by atoms with Crippen molar-refractivity contribution in [3.63, 3.8) is 0 Å². The van der Waals surface area contributed by atoms with Gasteiger partial charge in [0.05, 0.1) is 11.2 Å². The van der Waals surface area contributed by atoms with E-state index < -0.39 is 0 Å². The molecule has 0 saturated carbocycles. The summed E-state index contributed by atoms with van der Waals surface area (Å²) in [6.45, 7) is 1.37. The third kappa shape index (κ3) is 1.72. The SMILES string of the molecule is CC(=O)Oc1cc2ccc(Cl)cn2c1. The van der Waals surface area contributed by atoms with Crippen LogP contribution in [0.1, 0.15) is 6.92 Å². The first-order valence-corrected chi connectivity index (χ1v) is 4.48. The molecule has 0 radical (unpaired) electrons. The van der Waals surface area contributed by atoms with Crippen LogP contribution in [0.2, 0.25) is 5.02 Å². The quantitative estimate of drug-likeness (QED) is 0.676. The van der Waals surface area contributed by atoms with Crippen molar-refractivity contribution in [1.29, 1.82) is 0 Å². The van der Waals surface area contributed by atoms with E-state index in [2.05, 4.69) is 0 Å². The van der Waals surface area contributed by atoms with E-state index in [0.29, 0.717) is 10.8 Å². The van der Waals surface area contributed by atoms with Crippen LogP contribution < -0.4 is 4.74 Å². The molecular weight excluding hydrogens is 202 g/mol. The maximum Gasteiger partial charge on any atom is 0.308 e. The van der Waals surface area contributed by atoms with Gasteiger partial charge in [-0.1, -0.05) is 11.6 Å². The lowest BCUT2D eigenvalue weighted by Gasteiger charge is -1.93. The summed E-state index contributed by atoms with van der Waals surface area (Å²) in [5.74, 6) is 0.201. The van der Waals surface area contributed by atoms with Gasteiger partial charge in [-0.25, -0.2) is 0 Å². The van der Waals surface area contributed by atoms with Gasteiger partial charge < -0.3 is 9.14 Å². The van der Waals surface area contributed by atoms with Crippen LogP contribution in [-0.2, 0) is 4.79 Å². The number of carbonyl (C=O) groups excluding carboxylic acids is 1. The smallest absolute Gasteiger partial charge is 0.308 e. The molecule has 0 unspecified atom stereocenters. The zero-order valence-corrected chi connectivity index (χ0v) is 8.28. The summed E-state index contributed by atoms with van der Waals surface area (Å²) in [6.07, 6.45) is 3.46. The highest BCUT2D eigenvalue weighted by Crippen LogP contribution is 2.19. The normalized spacial score (nSPS) is 10.4. The Hall–Kier alpha value is -1.48. The molecule has 2 heterocycles. The molecule has 0 aliphatic rings. The summed E-state index contributed by atoms with van der Waals surface area (Å²) in [5, 5.41) is 0.641. The molecule has 0 amide bonds. The molecule has 0 atom stereocenters. The van der Waals surface area contributed by atoms with E-state index in [9.17, 15) is 4.79 Å². The molecule has 0 aliphatic heterocycles. The Balaban J connectivity index is 2.46. The van der Waals surface area contributed by atoms with Crippen molar-refractivity contribution >= 4 is 23.1 Å². The highest BCUT2D eigenvalue weighted by molar-refractivity contribution is 6.30. The van der Waals surface area contributed by atoms with Gasteiger partial charge in [0.2, 0.25) is 0 Å². The summed E-state index contributed by atoms with van der Waals surface area (Å²) >= 11 is 5.81. The Morgan fingerprint density at radius 3 is 2.93 bits per heavy atom. The van der Waals surface area contributed by atoms with Gasteiger partial charge in [-0.15, -0.1) is 0 Å². The second-order valence-electron chi connectivity index (χ2n) is 2.95. The molecule has 0 N–H and O–H groups in total. The van der Waals surface area contributed by atoms with Gasteiger partial charge in [-0.05, 0) is 12.1 Å². The molecule has 2 rings (SSSR count). The average molecular weight is 210 g/mol. The largest absolute Gasteiger partial charge is 0.425 e. The lowest BCUT2D eigenvalue weighted by atomic mass is 10.4. The summed E-state index contributed by atoms with van der Waals surface area (Å²) < 4.78 is 6.74. The fourth-order valence-electron chi connectivity index (χ4n) is 1.28. The molecule has 0 spiro atoms. The van der Waals surface area contributed by atoms with Crippen molar-refractivity contribution in [2.24, 2.45) is 0 Å². The molecule has 0 fully saturated rings. The minimum absolute atomic E-state index is 0.327. The monoisotopic (exact) mass is 209 g/mol. The zero-order chi connectivity index (χ0) is 10.1. The van der Waals surface area contributed by atoms with E-state index in [-0.39, 0.29) is 5.97 Å². The van der Waals surface area contributed by atoms with Gasteiger partial charge in [0.15, 0.2) is 0 Å². The van der Waals surface area contributed by atoms with Crippen molar-refractivity contribution in [2.75, 3.05) is 0 Å². The summed E-state index contributed by atoms with van der Waals surface area (Å²) in [6, 6.07) is 5.42. The van der Waals surface area contributed by atoms with Crippen LogP contribution >= 0.6 is 11.6 Å². The van der Waals surface area contributed by atoms with Crippen molar-refractivity contribution in [3.05, 3.63) is 35.6 Å². The Morgan fingerprint density at radius 1 is 1.43 bits per heavy atom. The third-order valence-corrected chi connectivity index (χ3v) is 2.02. The first-order chi connectivity index (χ1) is 6.65. The van der Waals surface area contributed by atoms with Gasteiger partial charge in [0, 0.05) is 24.7 Å². The number of nitrogens with zero attached hydrogens (tertiary/aromatic N) is 1. The van der Waals surface area contributed by atoms with Gasteiger partial charge in [0.1, 0.15) is 5.75 Å². The maximum absolute atomic E-state index is 10.7. The number of pyridine rings is 1. The summed E-state index contributed by atoms with van der Waals surface area (Å²) in [5.41, 5.74) is 0.936. The van der Waals surface area contributed by atoms with E-state index in [0.717, 1.165) is 5.52 Å². The third-order valence-electron chi connectivity index (χ3n) is 1.79. The number of fused-ring (bicyclic) bond motifs is 1. The van der Waals surface area contributed by atoms with Crippen LogP contribution in [0.25, 0.3) is 5.52 Å². The molecule has 2 aromatic rings. The van der Waals surface area contributed by atoms with Crippen molar-refractivity contribution in [3.8, 4) is 5.75 Å². The number of hydrogen-bond acceptors (Lipinski definition) is 2. The molecule has 0 aromatic carbocycles. The molecular formula is C10H8ClNO2. The van der Waals surface area contributed by atoms with Crippen LogP contribution in [0, 0.1) is 0 Å². The van der Waals surface area contributed by atoms with Crippen LogP contribution in [0.4, 0.5) is 0 Å². The number of halogens is 1. The van der Waals surface area contributed by atoms with E-state index in [1.807, 2.05) is 6.07 Å². The number of rotatable bonds is 1. The number of aromatic nitrogens is 1. The second-order valence-corrected chi connectivity index (χ2v) is 3.39. The molecule has 4 heteroatoms. The Bertz CT molecular complexity index is 490. The van der Waals surface area contributed by atoms with Crippen molar-refractivity contribution in [1.82, 2.24) is 4.40 Å². The standard InChI is InChI=1S/C10H8ClNO2/c1-7(13)14-10-4-9-3-2-8(11)5-12(9)6-10/h2-6H,1H3. The topological polar surface area (TPSA) is 30.7 Å². The van der Waals surface area contributed by atoms with Crippen LogP contribution in [-0.4, -0.2) is 10.4 Å². The molecule has 0 saturated heterocycles. The first kappa shape index (κ1) is 9.09. The van der Waals surface area contributed by atoms with Crippen LogP contribution in [0.3, 0.4) is 0 Å². The number of hydrogen-bond donors (Lipinski definition) is 0. The van der Waals surface area contributed by atoms with Crippen molar-refractivity contribution in [2.45, 2.75) is 6.92 Å². The number of esters is 1. The molecule has 0 aliphatic carbocycles. The molecule has 3 nitrogen and oxygen atoms in total. The molecule has 72 valence electrons.